The van der Waals surface area contributed by atoms with Crippen molar-refractivity contribution in [2.45, 2.75) is 13.3 Å². The average molecular weight is 113 g/mol. The van der Waals surface area contributed by atoms with Crippen molar-refractivity contribution in [3.8, 4) is 0 Å². The summed E-state index contributed by atoms with van der Waals surface area (Å²) < 4.78 is 0. The molecule has 0 aromatic heterocycles. The van der Waals surface area contributed by atoms with Gasteiger partial charge in [0.2, 0.25) is 0 Å². The molecule has 0 fully saturated rings. The molecule has 0 unspecified atom stereocenters. The van der Waals surface area contributed by atoms with Gasteiger partial charge in [-0.2, -0.15) is 0 Å². The molecule has 46 valence electrons. The van der Waals surface area contributed by atoms with Gasteiger partial charge in [-0.25, -0.2) is 10.4 Å². The highest BCUT2D eigenvalue weighted by Crippen LogP contribution is 1.68. The normalized spacial score (nSPS) is 7.75. The molecule has 0 rings (SSSR count). The fourth-order valence-corrected chi connectivity index (χ4v) is 0.247. The first-order valence-corrected chi connectivity index (χ1v) is 2.59. The van der Waals surface area contributed by atoms with Gasteiger partial charge in [0.1, 0.15) is 6.67 Å². The molecule has 0 spiro atoms. The van der Waals surface area contributed by atoms with E-state index in [4.69, 9.17) is 5.84 Å². The van der Waals surface area contributed by atoms with Crippen LogP contribution in [-0.2, 0) is 0 Å². The summed E-state index contributed by atoms with van der Waals surface area (Å²) in [6.07, 6.45) is 2.81. The topological polar surface area (TPSA) is 50.4 Å². The monoisotopic (exact) mass is 113 g/mol. The second kappa shape index (κ2) is 6.37. The van der Waals surface area contributed by atoms with Crippen molar-refractivity contribution in [1.29, 1.82) is 0 Å². The summed E-state index contributed by atoms with van der Waals surface area (Å²) in [4.78, 5) is 3.74. The van der Waals surface area contributed by atoms with Crippen LogP contribution in [0.25, 0.3) is 0 Å². The largest absolute Gasteiger partial charge is 0.270 e. The first kappa shape index (κ1) is 7.37. The van der Waals surface area contributed by atoms with Crippen molar-refractivity contribution in [1.82, 2.24) is 5.43 Å². The van der Waals surface area contributed by atoms with Gasteiger partial charge in [-0.1, -0.05) is 6.92 Å². The van der Waals surface area contributed by atoms with Crippen LogP contribution < -0.4 is 11.3 Å². The van der Waals surface area contributed by atoms with E-state index in [1.54, 1.807) is 0 Å². The number of nitrogens with zero attached hydrogens (tertiary/aromatic N) is 1. The lowest BCUT2D eigenvalue weighted by molar-refractivity contribution is 0.762. The van der Waals surface area contributed by atoms with Gasteiger partial charge < -0.3 is 0 Å². The Hall–Kier alpha value is -0.630. The summed E-state index contributed by atoms with van der Waals surface area (Å²) in [5, 5.41) is 0. The summed E-state index contributed by atoms with van der Waals surface area (Å²) in [7, 11) is 0. The van der Waals surface area contributed by atoms with E-state index in [9.17, 15) is 0 Å². The minimum absolute atomic E-state index is 0.441. The number of aliphatic imine (C=N–C) groups is 1. The highest BCUT2D eigenvalue weighted by atomic mass is 15.2. The van der Waals surface area contributed by atoms with Crippen molar-refractivity contribution in [2.75, 3.05) is 6.67 Å². The summed E-state index contributed by atoms with van der Waals surface area (Å²) in [5.41, 5.74) is 2.38. The minimum Gasteiger partial charge on any atom is -0.270 e. The Kier molecular flexibility index (Phi) is 5.87. The second-order valence-electron chi connectivity index (χ2n) is 1.26. The molecule has 0 saturated carbocycles. The van der Waals surface area contributed by atoms with Crippen LogP contribution in [0.15, 0.2) is 11.1 Å². The van der Waals surface area contributed by atoms with E-state index < -0.39 is 0 Å². The maximum atomic E-state index is 4.91. The second-order valence-corrected chi connectivity index (χ2v) is 1.26. The van der Waals surface area contributed by atoms with Gasteiger partial charge in [0.05, 0.1) is 0 Å². The fourth-order valence-electron chi connectivity index (χ4n) is 0.247. The molecule has 3 heteroatoms. The van der Waals surface area contributed by atoms with Gasteiger partial charge in [0.15, 0.2) is 0 Å². The molecular formula is C5H11N3. The molecule has 0 radical (unpaired) electrons. The van der Waals surface area contributed by atoms with Crippen LogP contribution in [0.1, 0.15) is 13.3 Å². The first-order valence-electron chi connectivity index (χ1n) is 2.59. The molecule has 0 amide bonds. The molecular weight excluding hydrogens is 102 g/mol. The Bertz CT molecular complexity index is 91.8. The Morgan fingerprint density at radius 2 is 2.62 bits per heavy atom. The standard InChI is InChI=1S/C5H11N3/c1-2-3-4-7-5-8-6/h3,8H,2,5-6H2,1H3. The molecule has 0 aliphatic heterocycles. The van der Waals surface area contributed by atoms with Crippen molar-refractivity contribution >= 4 is 5.87 Å². The van der Waals surface area contributed by atoms with Crippen LogP contribution in [0.3, 0.4) is 0 Å². The summed E-state index contributed by atoms with van der Waals surface area (Å²) in [6.45, 7) is 2.47. The van der Waals surface area contributed by atoms with Crippen LogP contribution in [0.2, 0.25) is 0 Å². The number of hydrazine groups is 1. The van der Waals surface area contributed by atoms with Crippen LogP contribution in [0.4, 0.5) is 0 Å². The number of hydrogen-bond acceptors (Lipinski definition) is 3. The molecule has 0 aliphatic rings. The third-order valence-electron chi connectivity index (χ3n) is 0.557. The quantitative estimate of drug-likeness (QED) is 0.308. The average Bonchev–Trinajstić information content (AvgIpc) is 1.81. The van der Waals surface area contributed by atoms with Gasteiger partial charge in [-0.3, -0.25) is 5.84 Å². The third-order valence-corrected chi connectivity index (χ3v) is 0.557. The van der Waals surface area contributed by atoms with E-state index in [0.717, 1.165) is 6.42 Å². The number of rotatable bonds is 3. The summed E-state index contributed by atoms with van der Waals surface area (Å²) >= 11 is 0. The molecule has 0 saturated heterocycles. The zero-order chi connectivity index (χ0) is 6.24. The van der Waals surface area contributed by atoms with Crippen LogP contribution in [0, 0.1) is 0 Å². The van der Waals surface area contributed by atoms with Gasteiger partial charge in [0, 0.05) is 0 Å². The molecule has 0 aromatic carbocycles. The lowest BCUT2D eigenvalue weighted by Gasteiger charge is -1.81. The van der Waals surface area contributed by atoms with Crippen LogP contribution in [0.5, 0.6) is 0 Å². The SMILES string of the molecule is CCC=C=NCNN. The van der Waals surface area contributed by atoms with E-state index in [2.05, 4.69) is 16.3 Å². The predicted octanol–water partition coefficient (Wildman–Crippen LogP) is 0.0431. The maximum absolute atomic E-state index is 4.91. The van der Waals surface area contributed by atoms with Crippen molar-refractivity contribution in [3.63, 3.8) is 0 Å². The highest BCUT2D eigenvalue weighted by Gasteiger charge is 1.63. The molecule has 3 N–H and O–H groups in total. The van der Waals surface area contributed by atoms with Gasteiger partial charge >= 0.3 is 0 Å². The van der Waals surface area contributed by atoms with E-state index >= 15 is 0 Å². The number of nitrogens with two attached hydrogens (primary N) is 1. The molecule has 0 aliphatic carbocycles. The fraction of sp³-hybridized carbons (Fsp3) is 0.600. The molecule has 3 nitrogen and oxygen atoms in total. The van der Waals surface area contributed by atoms with Gasteiger partial charge in [-0.05, 0) is 18.4 Å². The molecule has 8 heavy (non-hydrogen) atoms. The van der Waals surface area contributed by atoms with Crippen molar-refractivity contribution < 1.29 is 0 Å². The minimum atomic E-state index is 0.441. The van der Waals surface area contributed by atoms with E-state index in [1.165, 1.54) is 0 Å². The van der Waals surface area contributed by atoms with Gasteiger partial charge in [0.25, 0.3) is 0 Å². The van der Waals surface area contributed by atoms with Crippen LogP contribution >= 0.6 is 0 Å². The van der Waals surface area contributed by atoms with E-state index in [-0.39, 0.29) is 0 Å². The Labute approximate surface area is 49.3 Å². The van der Waals surface area contributed by atoms with E-state index in [1.807, 2.05) is 13.0 Å². The highest BCUT2D eigenvalue weighted by molar-refractivity contribution is 5.51. The lowest BCUT2D eigenvalue weighted by Crippen LogP contribution is -2.21. The number of allylic oxidation sites excluding steroid dienone is 1. The molecule has 0 bridgehead atoms. The van der Waals surface area contributed by atoms with Gasteiger partial charge in [-0.15, -0.1) is 0 Å². The molecule has 0 heterocycles. The predicted molar refractivity (Wildman–Crippen MR) is 34.5 cm³/mol. The molecule has 0 atom stereocenters. The maximum Gasteiger partial charge on any atom is 0.110 e. The lowest BCUT2D eigenvalue weighted by atomic mass is 10.5. The van der Waals surface area contributed by atoms with Crippen LogP contribution in [-0.4, -0.2) is 12.5 Å². The Morgan fingerprint density at radius 3 is 3.12 bits per heavy atom. The Balaban J connectivity index is 3.18. The third kappa shape index (κ3) is 5.37. The first-order chi connectivity index (χ1) is 3.91. The number of hydrogen-bond donors (Lipinski definition) is 2. The summed E-state index contributed by atoms with van der Waals surface area (Å²) in [6, 6.07) is 0. The molecule has 0 aromatic rings. The number of nitrogens with one attached hydrogen (secondary N) is 1. The van der Waals surface area contributed by atoms with E-state index in [0.29, 0.717) is 6.67 Å². The Morgan fingerprint density at radius 1 is 1.88 bits per heavy atom. The zero-order valence-electron chi connectivity index (χ0n) is 5.02. The smallest absolute Gasteiger partial charge is 0.110 e. The van der Waals surface area contributed by atoms with Crippen molar-refractivity contribution in [2.24, 2.45) is 10.8 Å². The zero-order valence-corrected chi connectivity index (χ0v) is 5.02. The van der Waals surface area contributed by atoms with Crippen molar-refractivity contribution in [3.05, 3.63) is 6.08 Å². The summed E-state index contributed by atoms with van der Waals surface area (Å²) in [5.74, 6) is 7.61.